The van der Waals surface area contributed by atoms with E-state index in [0.29, 0.717) is 6.54 Å². The molecule has 0 spiro atoms. The predicted octanol–water partition coefficient (Wildman–Crippen LogP) is 5.01. The summed E-state index contributed by atoms with van der Waals surface area (Å²) in [7, 11) is 0. The van der Waals surface area contributed by atoms with Gasteiger partial charge in [-0.15, -0.1) is 22.7 Å². The summed E-state index contributed by atoms with van der Waals surface area (Å²) in [4.78, 5) is 17.5. The van der Waals surface area contributed by atoms with Gasteiger partial charge in [0.1, 0.15) is 0 Å². The Bertz CT molecular complexity index is 858. The SMILES string of the molecule is O=C(NCc1cccs1)C1CCCN(Cc2cccc(-c3cccs3)c2)C1. The van der Waals surface area contributed by atoms with E-state index in [1.165, 1.54) is 20.9 Å². The first-order valence-corrected chi connectivity index (χ1v) is 11.2. The van der Waals surface area contributed by atoms with E-state index >= 15 is 0 Å². The van der Waals surface area contributed by atoms with Crippen LogP contribution in [0.5, 0.6) is 0 Å². The van der Waals surface area contributed by atoms with Crippen LogP contribution in [0.3, 0.4) is 0 Å². The Hall–Kier alpha value is -1.95. The zero-order valence-corrected chi connectivity index (χ0v) is 16.9. The summed E-state index contributed by atoms with van der Waals surface area (Å²) in [5.41, 5.74) is 2.60. The first kappa shape index (κ1) is 18.4. The fraction of sp³-hybridized carbons (Fsp3) is 0.318. The van der Waals surface area contributed by atoms with Gasteiger partial charge in [0.15, 0.2) is 0 Å². The Morgan fingerprint density at radius 3 is 2.81 bits per heavy atom. The summed E-state index contributed by atoms with van der Waals surface area (Å²) < 4.78 is 0. The molecule has 2 aromatic heterocycles. The van der Waals surface area contributed by atoms with Crippen LogP contribution in [0, 0.1) is 5.92 Å². The predicted molar refractivity (Wildman–Crippen MR) is 114 cm³/mol. The van der Waals surface area contributed by atoms with Crippen LogP contribution in [0.1, 0.15) is 23.3 Å². The number of hydrogen-bond donors (Lipinski definition) is 1. The van der Waals surface area contributed by atoms with E-state index in [1.54, 1.807) is 22.7 Å². The first-order valence-electron chi connectivity index (χ1n) is 9.43. The molecule has 1 atom stereocenters. The lowest BCUT2D eigenvalue weighted by Gasteiger charge is -2.32. The highest BCUT2D eigenvalue weighted by Gasteiger charge is 2.25. The number of rotatable bonds is 6. The van der Waals surface area contributed by atoms with Crippen molar-refractivity contribution in [1.82, 2.24) is 10.2 Å². The van der Waals surface area contributed by atoms with Crippen molar-refractivity contribution in [2.24, 2.45) is 5.92 Å². The van der Waals surface area contributed by atoms with E-state index in [-0.39, 0.29) is 11.8 Å². The van der Waals surface area contributed by atoms with E-state index in [0.717, 1.165) is 32.5 Å². The number of nitrogens with zero attached hydrogens (tertiary/aromatic N) is 1. The summed E-state index contributed by atoms with van der Waals surface area (Å²) in [6.45, 7) is 3.47. The number of nitrogens with one attached hydrogen (secondary N) is 1. The number of thiophene rings is 2. The molecule has 1 amide bonds. The van der Waals surface area contributed by atoms with Crippen LogP contribution in [0.25, 0.3) is 10.4 Å². The van der Waals surface area contributed by atoms with Gasteiger partial charge in [0.25, 0.3) is 0 Å². The van der Waals surface area contributed by atoms with Gasteiger partial charge in [-0.05, 0) is 59.5 Å². The van der Waals surface area contributed by atoms with Gasteiger partial charge in [-0.1, -0.05) is 30.3 Å². The van der Waals surface area contributed by atoms with Crippen molar-refractivity contribution in [1.29, 1.82) is 0 Å². The van der Waals surface area contributed by atoms with Crippen molar-refractivity contribution in [2.45, 2.75) is 25.9 Å². The minimum absolute atomic E-state index is 0.0965. The molecule has 1 N–H and O–H groups in total. The van der Waals surface area contributed by atoms with Crippen LogP contribution in [0.15, 0.2) is 59.3 Å². The Morgan fingerprint density at radius 1 is 1.11 bits per heavy atom. The Labute approximate surface area is 168 Å². The molecule has 0 saturated carbocycles. The van der Waals surface area contributed by atoms with Gasteiger partial charge in [-0.25, -0.2) is 0 Å². The molecule has 0 bridgehead atoms. The second-order valence-electron chi connectivity index (χ2n) is 7.05. The van der Waals surface area contributed by atoms with Crippen LogP contribution in [0.2, 0.25) is 0 Å². The van der Waals surface area contributed by atoms with Gasteiger partial charge in [-0.3, -0.25) is 9.69 Å². The number of amides is 1. The molecule has 4 rings (SSSR count). The molecular weight excluding hydrogens is 372 g/mol. The first-order chi connectivity index (χ1) is 13.3. The van der Waals surface area contributed by atoms with Crippen molar-refractivity contribution >= 4 is 28.6 Å². The summed E-state index contributed by atoms with van der Waals surface area (Å²) in [5, 5.41) is 7.28. The highest BCUT2D eigenvalue weighted by molar-refractivity contribution is 7.13. The minimum Gasteiger partial charge on any atom is -0.351 e. The zero-order chi connectivity index (χ0) is 18.5. The largest absolute Gasteiger partial charge is 0.351 e. The van der Waals surface area contributed by atoms with Crippen LogP contribution in [-0.4, -0.2) is 23.9 Å². The fourth-order valence-corrected chi connectivity index (χ4v) is 5.04. The number of piperidine rings is 1. The maximum absolute atomic E-state index is 12.6. The normalized spacial score (nSPS) is 17.7. The van der Waals surface area contributed by atoms with E-state index in [2.05, 4.69) is 58.1 Å². The smallest absolute Gasteiger partial charge is 0.224 e. The Balaban J connectivity index is 1.34. The summed E-state index contributed by atoms with van der Waals surface area (Å²) in [6, 6.07) is 17.1. The van der Waals surface area contributed by atoms with Crippen LogP contribution < -0.4 is 5.32 Å². The molecule has 3 aromatic rings. The average molecular weight is 397 g/mol. The molecule has 1 saturated heterocycles. The number of carbonyl (C=O) groups is 1. The van der Waals surface area contributed by atoms with Crippen LogP contribution >= 0.6 is 22.7 Å². The number of likely N-dealkylation sites (tertiary alicyclic amines) is 1. The highest BCUT2D eigenvalue weighted by atomic mass is 32.1. The molecule has 1 unspecified atom stereocenters. The Kier molecular flexibility index (Phi) is 6.02. The number of benzene rings is 1. The third-order valence-electron chi connectivity index (χ3n) is 5.03. The summed E-state index contributed by atoms with van der Waals surface area (Å²) in [6.07, 6.45) is 2.07. The second-order valence-corrected chi connectivity index (χ2v) is 9.03. The van der Waals surface area contributed by atoms with E-state index in [9.17, 15) is 4.79 Å². The molecule has 5 heteroatoms. The maximum atomic E-state index is 12.6. The number of carbonyl (C=O) groups excluding carboxylic acids is 1. The second kappa shape index (κ2) is 8.83. The summed E-state index contributed by atoms with van der Waals surface area (Å²) >= 11 is 3.46. The zero-order valence-electron chi connectivity index (χ0n) is 15.3. The van der Waals surface area contributed by atoms with Gasteiger partial charge in [0, 0.05) is 22.8 Å². The van der Waals surface area contributed by atoms with E-state index in [1.807, 2.05) is 11.4 Å². The molecule has 0 aliphatic carbocycles. The average Bonchev–Trinajstić information content (AvgIpc) is 3.40. The van der Waals surface area contributed by atoms with Crippen LogP contribution in [-0.2, 0) is 17.9 Å². The third kappa shape index (κ3) is 4.86. The lowest BCUT2D eigenvalue weighted by Crippen LogP contribution is -2.42. The van der Waals surface area contributed by atoms with Gasteiger partial charge in [-0.2, -0.15) is 0 Å². The van der Waals surface area contributed by atoms with E-state index < -0.39 is 0 Å². The van der Waals surface area contributed by atoms with Crippen molar-refractivity contribution in [2.75, 3.05) is 13.1 Å². The topological polar surface area (TPSA) is 32.3 Å². The molecule has 1 aromatic carbocycles. The van der Waals surface area contributed by atoms with Crippen LogP contribution in [0.4, 0.5) is 0 Å². The molecule has 1 aliphatic heterocycles. The molecule has 140 valence electrons. The van der Waals surface area contributed by atoms with Gasteiger partial charge < -0.3 is 5.32 Å². The molecule has 3 nitrogen and oxygen atoms in total. The molecule has 27 heavy (non-hydrogen) atoms. The molecule has 0 radical (unpaired) electrons. The molecule has 3 heterocycles. The fourth-order valence-electron chi connectivity index (χ4n) is 3.67. The van der Waals surface area contributed by atoms with Crippen molar-refractivity contribution in [3.05, 3.63) is 69.7 Å². The van der Waals surface area contributed by atoms with Crippen molar-refractivity contribution < 1.29 is 4.79 Å². The molecule has 1 fully saturated rings. The van der Waals surface area contributed by atoms with Gasteiger partial charge >= 0.3 is 0 Å². The van der Waals surface area contributed by atoms with Gasteiger partial charge in [0.05, 0.1) is 12.5 Å². The Morgan fingerprint density at radius 2 is 2.00 bits per heavy atom. The lowest BCUT2D eigenvalue weighted by molar-refractivity contribution is -0.126. The number of hydrogen-bond acceptors (Lipinski definition) is 4. The van der Waals surface area contributed by atoms with E-state index in [4.69, 9.17) is 0 Å². The molecular formula is C22H24N2OS2. The highest BCUT2D eigenvalue weighted by Crippen LogP contribution is 2.26. The van der Waals surface area contributed by atoms with Crippen molar-refractivity contribution in [3.8, 4) is 10.4 Å². The standard InChI is InChI=1S/C22H24N2OS2/c25-22(23-14-20-8-3-11-26-20)19-7-2-10-24(16-19)15-17-5-1-6-18(13-17)21-9-4-12-27-21/h1,3-6,8-9,11-13,19H,2,7,10,14-16H2,(H,23,25). The van der Waals surface area contributed by atoms with Gasteiger partial charge in [0.2, 0.25) is 5.91 Å². The third-order valence-corrected chi connectivity index (χ3v) is 6.83. The monoisotopic (exact) mass is 396 g/mol. The summed E-state index contributed by atoms with van der Waals surface area (Å²) in [5.74, 6) is 0.291. The quantitative estimate of drug-likeness (QED) is 0.635. The maximum Gasteiger partial charge on any atom is 0.224 e. The minimum atomic E-state index is 0.0965. The molecule has 1 aliphatic rings. The lowest BCUT2D eigenvalue weighted by atomic mass is 9.96. The van der Waals surface area contributed by atoms with Crippen molar-refractivity contribution in [3.63, 3.8) is 0 Å².